The zero-order valence-electron chi connectivity index (χ0n) is 8.54. The van der Waals surface area contributed by atoms with Gasteiger partial charge in [0.1, 0.15) is 0 Å². The fourth-order valence-electron chi connectivity index (χ4n) is 0.875. The fourth-order valence-corrected chi connectivity index (χ4v) is 2.62. The van der Waals surface area contributed by atoms with Crippen molar-refractivity contribution in [2.45, 2.75) is 12.5 Å². The third kappa shape index (κ3) is 6.55. The lowest BCUT2D eigenvalue weighted by Crippen LogP contribution is -2.42. The second-order valence-corrected chi connectivity index (χ2v) is 5.28. The lowest BCUT2D eigenvalue weighted by molar-refractivity contribution is 0.123. The molecule has 0 atom stereocenters. The van der Waals surface area contributed by atoms with Crippen LogP contribution in [0.25, 0.3) is 0 Å². The predicted octanol–water partition coefficient (Wildman–Crippen LogP) is 0.953. The Balaban J connectivity index is -0.000000500. The van der Waals surface area contributed by atoms with Gasteiger partial charge in [0.2, 0.25) is 0 Å². The number of nitrogens with two attached hydrogens (primary N) is 1. The molecule has 0 rings (SSSR count). The molecule has 84 valence electrons. The summed E-state index contributed by atoms with van der Waals surface area (Å²) in [6, 6.07) is 0.785. The monoisotopic (exact) mass is 276 g/mol. The highest BCUT2D eigenvalue weighted by atomic mass is 79.9. The van der Waals surface area contributed by atoms with Gasteiger partial charge in [-0.2, -0.15) is 0 Å². The van der Waals surface area contributed by atoms with E-state index in [2.05, 4.69) is 0 Å². The Hall–Kier alpha value is 0.497. The van der Waals surface area contributed by atoms with Gasteiger partial charge in [-0.15, -0.1) is 17.0 Å². The van der Waals surface area contributed by atoms with Gasteiger partial charge in [0, 0.05) is 27.4 Å². The first kappa shape index (κ1) is 19.1. The smallest absolute Gasteiger partial charge is 0.377 e. The van der Waals surface area contributed by atoms with Crippen LogP contribution in [-0.2, 0) is 13.3 Å². The zero-order chi connectivity index (χ0) is 8.74. The van der Waals surface area contributed by atoms with Gasteiger partial charge < -0.3 is 25.2 Å². The van der Waals surface area contributed by atoms with Crippen molar-refractivity contribution in [3.8, 4) is 0 Å². The van der Waals surface area contributed by atoms with E-state index in [0.717, 1.165) is 12.5 Å². The Kier molecular flexibility index (Phi) is 15.6. The second kappa shape index (κ2) is 10.6. The molecule has 0 fully saturated rings. The summed E-state index contributed by atoms with van der Waals surface area (Å²) in [5.74, 6) is 0. The standard InChI is InChI=1S/C6H17NO3Si.BrH.H3N/c1-8-11(9-2,10-3)6-4-5-7;;/h4-7H2,1-3H3;1H;1H3. The van der Waals surface area contributed by atoms with Gasteiger partial charge in [-0.25, -0.2) is 0 Å². The molecule has 0 unspecified atom stereocenters. The van der Waals surface area contributed by atoms with Crippen LogP contribution in [-0.4, -0.2) is 36.7 Å². The van der Waals surface area contributed by atoms with Crippen molar-refractivity contribution >= 4 is 25.8 Å². The molecule has 0 bridgehead atoms. The molecule has 13 heavy (non-hydrogen) atoms. The molecule has 0 aliphatic heterocycles. The molecule has 0 saturated heterocycles. The third-order valence-electron chi connectivity index (χ3n) is 1.62. The van der Waals surface area contributed by atoms with Crippen LogP contribution in [0.1, 0.15) is 6.42 Å². The van der Waals surface area contributed by atoms with Crippen LogP contribution >= 0.6 is 17.0 Å². The average molecular weight is 277 g/mol. The quantitative estimate of drug-likeness (QED) is 0.706. The van der Waals surface area contributed by atoms with Crippen LogP contribution < -0.4 is 11.9 Å². The van der Waals surface area contributed by atoms with Gasteiger partial charge >= 0.3 is 8.80 Å². The Bertz CT molecular complexity index is 97.6. The molecule has 5 nitrogen and oxygen atoms in total. The molecule has 0 aliphatic carbocycles. The molecule has 0 aromatic rings. The van der Waals surface area contributed by atoms with Gasteiger partial charge in [-0.05, 0) is 13.0 Å². The van der Waals surface area contributed by atoms with Crippen molar-refractivity contribution < 1.29 is 13.3 Å². The van der Waals surface area contributed by atoms with Gasteiger partial charge in [0.05, 0.1) is 0 Å². The Morgan fingerprint density at radius 3 is 1.69 bits per heavy atom. The van der Waals surface area contributed by atoms with Crippen molar-refractivity contribution in [2.75, 3.05) is 27.9 Å². The van der Waals surface area contributed by atoms with Crippen LogP contribution in [0.5, 0.6) is 0 Å². The highest BCUT2D eigenvalue weighted by Crippen LogP contribution is 2.13. The topological polar surface area (TPSA) is 88.7 Å². The normalized spacial score (nSPS) is 10.2. The first-order chi connectivity index (χ1) is 5.24. The second-order valence-electron chi connectivity index (χ2n) is 2.19. The SMILES string of the molecule is Br.CO[Si](CCCN)(OC)OC.N. The van der Waals surface area contributed by atoms with Crippen LogP contribution in [0.2, 0.25) is 6.04 Å². The van der Waals surface area contributed by atoms with Gasteiger partial charge in [-0.1, -0.05) is 0 Å². The number of halogens is 1. The van der Waals surface area contributed by atoms with Gasteiger partial charge in [-0.3, -0.25) is 0 Å². The maximum atomic E-state index is 5.36. The minimum atomic E-state index is -2.32. The van der Waals surface area contributed by atoms with E-state index in [-0.39, 0.29) is 23.1 Å². The molecular weight excluding hydrogens is 256 g/mol. The maximum absolute atomic E-state index is 5.36. The van der Waals surface area contributed by atoms with E-state index in [1.807, 2.05) is 0 Å². The molecule has 0 aromatic carbocycles. The molecule has 0 heterocycles. The minimum absolute atomic E-state index is 0. The highest BCUT2D eigenvalue weighted by molar-refractivity contribution is 8.93. The van der Waals surface area contributed by atoms with Crippen molar-refractivity contribution in [3.05, 3.63) is 0 Å². The molecule has 5 N–H and O–H groups in total. The van der Waals surface area contributed by atoms with Gasteiger partial charge in [0.25, 0.3) is 0 Å². The van der Waals surface area contributed by atoms with Crippen molar-refractivity contribution in [1.29, 1.82) is 0 Å². The Morgan fingerprint density at radius 2 is 1.46 bits per heavy atom. The molecular formula is C6H21BrN2O3Si. The first-order valence-corrected chi connectivity index (χ1v) is 5.53. The summed E-state index contributed by atoms with van der Waals surface area (Å²) in [7, 11) is 2.50. The van der Waals surface area contributed by atoms with Crippen LogP contribution in [0.3, 0.4) is 0 Å². The average Bonchev–Trinajstić information content (AvgIpc) is 2.08. The Labute approximate surface area is 91.6 Å². The highest BCUT2D eigenvalue weighted by Gasteiger charge is 2.36. The summed E-state index contributed by atoms with van der Waals surface area (Å²) in [6.07, 6.45) is 0.877. The molecule has 0 amide bonds. The lowest BCUT2D eigenvalue weighted by atomic mass is 10.5. The number of hydrogen-bond acceptors (Lipinski definition) is 5. The van der Waals surface area contributed by atoms with Crippen molar-refractivity contribution in [2.24, 2.45) is 5.73 Å². The van der Waals surface area contributed by atoms with Crippen LogP contribution in [0.15, 0.2) is 0 Å². The molecule has 0 saturated carbocycles. The van der Waals surface area contributed by atoms with E-state index < -0.39 is 8.80 Å². The lowest BCUT2D eigenvalue weighted by Gasteiger charge is -2.23. The van der Waals surface area contributed by atoms with E-state index in [9.17, 15) is 0 Å². The number of hydrogen-bond donors (Lipinski definition) is 2. The van der Waals surface area contributed by atoms with Crippen molar-refractivity contribution in [3.63, 3.8) is 0 Å². The summed E-state index contributed by atoms with van der Waals surface area (Å²) in [4.78, 5) is 0. The Morgan fingerprint density at radius 1 is 1.08 bits per heavy atom. The number of rotatable bonds is 6. The molecule has 0 spiro atoms. The van der Waals surface area contributed by atoms with Crippen LogP contribution in [0.4, 0.5) is 0 Å². The van der Waals surface area contributed by atoms with E-state index in [0.29, 0.717) is 6.54 Å². The summed E-state index contributed by atoms with van der Waals surface area (Å²) in [5, 5.41) is 0. The predicted molar refractivity (Wildman–Crippen MR) is 60.6 cm³/mol. The molecule has 0 aromatic heterocycles. The molecule has 0 aliphatic rings. The van der Waals surface area contributed by atoms with E-state index >= 15 is 0 Å². The summed E-state index contributed by atoms with van der Waals surface area (Å²) < 4.78 is 15.5. The summed E-state index contributed by atoms with van der Waals surface area (Å²) in [5.41, 5.74) is 5.36. The molecule has 7 heteroatoms. The van der Waals surface area contributed by atoms with Gasteiger partial charge in [0.15, 0.2) is 0 Å². The summed E-state index contributed by atoms with van der Waals surface area (Å²) >= 11 is 0. The largest absolute Gasteiger partial charge is 0.500 e. The summed E-state index contributed by atoms with van der Waals surface area (Å²) in [6.45, 7) is 0.644. The third-order valence-corrected chi connectivity index (χ3v) is 4.45. The van der Waals surface area contributed by atoms with E-state index in [1.165, 1.54) is 0 Å². The van der Waals surface area contributed by atoms with E-state index in [1.54, 1.807) is 21.3 Å². The zero-order valence-corrected chi connectivity index (χ0v) is 11.3. The minimum Gasteiger partial charge on any atom is -0.377 e. The maximum Gasteiger partial charge on any atom is 0.500 e. The van der Waals surface area contributed by atoms with Crippen molar-refractivity contribution in [1.82, 2.24) is 6.15 Å². The fraction of sp³-hybridized carbons (Fsp3) is 1.00. The van der Waals surface area contributed by atoms with E-state index in [4.69, 9.17) is 19.0 Å². The van der Waals surface area contributed by atoms with Crippen LogP contribution in [0, 0.1) is 0 Å². The first-order valence-electron chi connectivity index (χ1n) is 3.60. The molecule has 0 radical (unpaired) electrons.